The number of carbonyl (C=O) groups is 2. The molecule has 1 N–H and O–H groups in total. The number of carbonyl (C=O) groups excluding carboxylic acids is 2. The standard InChI is InChI=1S/C33H38N2O5/c1-33(2,3)40-31(36)34-20-23-38-29-16-14-27(15-17-29)30(26-12-8-5-9-13-26)28-18-21-35(22-19-28)32(37)39-24-25-10-6-4-7-11-25/h4-17H,18-24H2,1-3H3,(H,34,36). The lowest BCUT2D eigenvalue weighted by atomic mass is 9.88. The van der Waals surface area contributed by atoms with Crippen LogP contribution >= 0.6 is 0 Å². The number of benzene rings is 3. The van der Waals surface area contributed by atoms with Crippen LogP contribution in [-0.2, 0) is 16.1 Å². The fourth-order valence-corrected chi connectivity index (χ4v) is 4.55. The SMILES string of the molecule is CC(C)(C)OC(=O)NCCOc1ccc(C(=C2CCN(C(=O)OCc3ccccc3)CC2)c2ccccc2)cc1. The van der Waals surface area contributed by atoms with Gasteiger partial charge in [-0.25, -0.2) is 9.59 Å². The summed E-state index contributed by atoms with van der Waals surface area (Å²) in [6.45, 7) is 7.67. The highest BCUT2D eigenvalue weighted by molar-refractivity contribution is 5.82. The monoisotopic (exact) mass is 542 g/mol. The summed E-state index contributed by atoms with van der Waals surface area (Å²) >= 11 is 0. The van der Waals surface area contributed by atoms with Crippen LogP contribution in [0.2, 0.25) is 0 Å². The Morgan fingerprint density at radius 1 is 0.825 bits per heavy atom. The molecule has 0 unspecified atom stereocenters. The third-order valence-electron chi connectivity index (χ3n) is 6.43. The van der Waals surface area contributed by atoms with E-state index in [1.54, 1.807) is 4.90 Å². The number of piperidine rings is 1. The van der Waals surface area contributed by atoms with Gasteiger partial charge in [0.05, 0.1) is 6.54 Å². The Hall–Kier alpha value is -4.26. The second kappa shape index (κ2) is 13.7. The molecule has 40 heavy (non-hydrogen) atoms. The van der Waals surface area contributed by atoms with Gasteiger partial charge < -0.3 is 24.4 Å². The van der Waals surface area contributed by atoms with Gasteiger partial charge in [0.25, 0.3) is 0 Å². The molecule has 0 radical (unpaired) electrons. The predicted molar refractivity (Wildman–Crippen MR) is 156 cm³/mol. The minimum Gasteiger partial charge on any atom is -0.492 e. The number of alkyl carbamates (subject to hydrolysis) is 1. The third-order valence-corrected chi connectivity index (χ3v) is 6.43. The summed E-state index contributed by atoms with van der Waals surface area (Å²) in [6.07, 6.45) is 0.825. The van der Waals surface area contributed by atoms with Crippen molar-refractivity contribution in [1.29, 1.82) is 0 Å². The molecule has 1 aliphatic rings. The maximum atomic E-state index is 12.7. The van der Waals surface area contributed by atoms with E-state index in [-0.39, 0.29) is 12.7 Å². The molecule has 7 heteroatoms. The summed E-state index contributed by atoms with van der Waals surface area (Å²) in [5, 5.41) is 2.70. The molecule has 1 saturated heterocycles. The van der Waals surface area contributed by atoms with E-state index in [1.807, 2.05) is 81.4 Å². The highest BCUT2D eigenvalue weighted by atomic mass is 16.6. The Bertz CT molecular complexity index is 1270. The molecule has 4 rings (SSSR count). The van der Waals surface area contributed by atoms with Gasteiger partial charge in [-0.15, -0.1) is 0 Å². The van der Waals surface area contributed by atoms with Crippen molar-refractivity contribution < 1.29 is 23.8 Å². The molecule has 3 aromatic rings. The molecular weight excluding hydrogens is 504 g/mol. The van der Waals surface area contributed by atoms with Gasteiger partial charge in [-0.1, -0.05) is 78.4 Å². The topological polar surface area (TPSA) is 77.1 Å². The summed E-state index contributed by atoms with van der Waals surface area (Å²) in [7, 11) is 0. The van der Waals surface area contributed by atoms with E-state index in [2.05, 4.69) is 29.6 Å². The van der Waals surface area contributed by atoms with Gasteiger partial charge in [0, 0.05) is 13.1 Å². The first kappa shape index (κ1) is 28.7. The van der Waals surface area contributed by atoms with E-state index in [0.29, 0.717) is 26.2 Å². The number of hydrogen-bond acceptors (Lipinski definition) is 5. The van der Waals surface area contributed by atoms with Crippen LogP contribution in [0.5, 0.6) is 5.75 Å². The molecule has 7 nitrogen and oxygen atoms in total. The fourth-order valence-electron chi connectivity index (χ4n) is 4.55. The van der Waals surface area contributed by atoms with E-state index in [0.717, 1.165) is 35.3 Å². The summed E-state index contributed by atoms with van der Waals surface area (Å²) in [5.74, 6) is 0.725. The second-order valence-corrected chi connectivity index (χ2v) is 10.7. The Balaban J connectivity index is 1.37. The molecule has 0 spiro atoms. The number of rotatable bonds is 8. The Morgan fingerprint density at radius 2 is 1.43 bits per heavy atom. The van der Waals surface area contributed by atoms with E-state index in [1.165, 1.54) is 11.1 Å². The van der Waals surface area contributed by atoms with Gasteiger partial charge in [0.1, 0.15) is 24.6 Å². The number of likely N-dealkylation sites (tertiary alicyclic amines) is 1. The van der Waals surface area contributed by atoms with E-state index in [4.69, 9.17) is 14.2 Å². The highest BCUT2D eigenvalue weighted by Crippen LogP contribution is 2.33. The lowest BCUT2D eigenvalue weighted by Crippen LogP contribution is -2.37. The lowest BCUT2D eigenvalue weighted by molar-refractivity contribution is 0.0520. The van der Waals surface area contributed by atoms with Crippen molar-refractivity contribution in [2.45, 2.75) is 45.8 Å². The van der Waals surface area contributed by atoms with Crippen molar-refractivity contribution in [2.75, 3.05) is 26.2 Å². The molecule has 2 amide bonds. The smallest absolute Gasteiger partial charge is 0.410 e. The zero-order chi connectivity index (χ0) is 28.4. The Kier molecular flexibility index (Phi) is 9.84. The van der Waals surface area contributed by atoms with Crippen molar-refractivity contribution in [3.8, 4) is 5.75 Å². The predicted octanol–water partition coefficient (Wildman–Crippen LogP) is 6.82. The van der Waals surface area contributed by atoms with Crippen LogP contribution in [0.3, 0.4) is 0 Å². The summed E-state index contributed by atoms with van der Waals surface area (Å²) < 4.78 is 16.6. The van der Waals surface area contributed by atoms with Gasteiger partial charge in [0.15, 0.2) is 0 Å². The molecule has 1 aliphatic heterocycles. The van der Waals surface area contributed by atoms with E-state index in [9.17, 15) is 9.59 Å². The van der Waals surface area contributed by atoms with Crippen LogP contribution in [0.25, 0.3) is 5.57 Å². The van der Waals surface area contributed by atoms with Crippen molar-refractivity contribution >= 4 is 17.8 Å². The minimum absolute atomic E-state index is 0.271. The van der Waals surface area contributed by atoms with Crippen molar-refractivity contribution in [3.63, 3.8) is 0 Å². The van der Waals surface area contributed by atoms with Gasteiger partial charge in [-0.05, 0) is 68.0 Å². The first-order valence-electron chi connectivity index (χ1n) is 13.7. The fraction of sp³-hybridized carbons (Fsp3) is 0.333. The molecule has 3 aromatic carbocycles. The molecule has 1 fully saturated rings. The van der Waals surface area contributed by atoms with Crippen LogP contribution in [0.4, 0.5) is 9.59 Å². The maximum Gasteiger partial charge on any atom is 0.410 e. The molecular formula is C33H38N2O5. The van der Waals surface area contributed by atoms with Gasteiger partial charge in [-0.2, -0.15) is 0 Å². The molecule has 1 heterocycles. The normalized spacial score (nSPS) is 13.4. The van der Waals surface area contributed by atoms with Gasteiger partial charge >= 0.3 is 12.2 Å². The number of nitrogens with one attached hydrogen (secondary N) is 1. The van der Waals surface area contributed by atoms with Crippen LogP contribution in [0.15, 0.2) is 90.5 Å². The van der Waals surface area contributed by atoms with Crippen LogP contribution in [0.1, 0.15) is 50.3 Å². The minimum atomic E-state index is -0.534. The number of nitrogens with zero attached hydrogens (tertiary/aromatic N) is 1. The van der Waals surface area contributed by atoms with Crippen molar-refractivity contribution in [1.82, 2.24) is 10.2 Å². The second-order valence-electron chi connectivity index (χ2n) is 10.7. The van der Waals surface area contributed by atoms with E-state index >= 15 is 0 Å². The molecule has 0 saturated carbocycles. The number of ether oxygens (including phenoxy) is 3. The quantitative estimate of drug-likeness (QED) is 0.316. The largest absolute Gasteiger partial charge is 0.492 e. The van der Waals surface area contributed by atoms with Gasteiger partial charge in [-0.3, -0.25) is 0 Å². The zero-order valence-electron chi connectivity index (χ0n) is 23.5. The molecule has 0 aliphatic carbocycles. The van der Waals surface area contributed by atoms with E-state index < -0.39 is 11.7 Å². The lowest BCUT2D eigenvalue weighted by Gasteiger charge is -2.29. The molecule has 0 aromatic heterocycles. The first-order chi connectivity index (χ1) is 19.3. The van der Waals surface area contributed by atoms with Crippen LogP contribution < -0.4 is 10.1 Å². The Labute approximate surface area is 236 Å². The number of hydrogen-bond donors (Lipinski definition) is 1. The van der Waals surface area contributed by atoms with Crippen LogP contribution in [0, 0.1) is 0 Å². The molecule has 0 atom stereocenters. The third kappa shape index (κ3) is 8.63. The average Bonchev–Trinajstić information content (AvgIpc) is 2.95. The molecule has 0 bridgehead atoms. The highest BCUT2D eigenvalue weighted by Gasteiger charge is 2.23. The summed E-state index contributed by atoms with van der Waals surface area (Å²) in [4.78, 5) is 26.3. The zero-order valence-corrected chi connectivity index (χ0v) is 23.5. The average molecular weight is 543 g/mol. The maximum absolute atomic E-state index is 12.7. The van der Waals surface area contributed by atoms with Crippen molar-refractivity contribution in [2.24, 2.45) is 0 Å². The Morgan fingerprint density at radius 3 is 2.05 bits per heavy atom. The van der Waals surface area contributed by atoms with Crippen LogP contribution in [-0.4, -0.2) is 48.9 Å². The number of amides is 2. The first-order valence-corrected chi connectivity index (χ1v) is 13.7. The van der Waals surface area contributed by atoms with Gasteiger partial charge in [0.2, 0.25) is 0 Å². The summed E-state index contributed by atoms with van der Waals surface area (Å²) in [6, 6.07) is 28.1. The molecule has 210 valence electrons. The van der Waals surface area contributed by atoms with Crippen molar-refractivity contribution in [3.05, 3.63) is 107 Å². The summed E-state index contributed by atoms with van der Waals surface area (Å²) in [5.41, 5.74) is 5.19.